The first-order chi connectivity index (χ1) is 9.34. The van der Waals surface area contributed by atoms with Gasteiger partial charge in [0.25, 0.3) is 0 Å². The summed E-state index contributed by atoms with van der Waals surface area (Å²) in [5, 5.41) is 3.00. The SMILES string of the molecule is O=C(Cc1ccccc1)NCCCCN1CCCC1. The molecular weight excluding hydrogens is 236 g/mol. The summed E-state index contributed by atoms with van der Waals surface area (Å²) >= 11 is 0. The third-order valence-corrected chi connectivity index (χ3v) is 3.63. The van der Waals surface area contributed by atoms with Gasteiger partial charge in [-0.05, 0) is 50.9 Å². The van der Waals surface area contributed by atoms with E-state index in [-0.39, 0.29) is 5.91 Å². The first-order valence-electron chi connectivity index (χ1n) is 7.37. The Morgan fingerprint density at radius 1 is 1.11 bits per heavy atom. The first kappa shape index (κ1) is 14.1. The zero-order chi connectivity index (χ0) is 13.3. The molecule has 1 aromatic rings. The third kappa shape index (κ3) is 5.43. The van der Waals surface area contributed by atoms with Crippen molar-refractivity contribution in [3.63, 3.8) is 0 Å². The summed E-state index contributed by atoms with van der Waals surface area (Å²) in [5.41, 5.74) is 1.08. The van der Waals surface area contributed by atoms with Gasteiger partial charge in [-0.25, -0.2) is 0 Å². The Morgan fingerprint density at radius 2 is 1.84 bits per heavy atom. The van der Waals surface area contributed by atoms with E-state index in [4.69, 9.17) is 0 Å². The Bertz CT molecular complexity index is 372. The standard InChI is InChI=1S/C16H24N2O/c19-16(14-15-8-2-1-3-9-15)17-10-4-5-11-18-12-6-7-13-18/h1-3,8-9H,4-7,10-14H2,(H,17,19). The number of hydrogen-bond acceptors (Lipinski definition) is 2. The molecule has 1 aliphatic heterocycles. The molecule has 1 heterocycles. The molecule has 2 rings (SSSR count). The van der Waals surface area contributed by atoms with Crippen LogP contribution in [0.5, 0.6) is 0 Å². The van der Waals surface area contributed by atoms with Crippen LogP contribution < -0.4 is 5.32 Å². The number of nitrogens with one attached hydrogen (secondary N) is 1. The lowest BCUT2D eigenvalue weighted by molar-refractivity contribution is -0.120. The van der Waals surface area contributed by atoms with Crippen molar-refractivity contribution in [2.24, 2.45) is 0 Å². The maximum Gasteiger partial charge on any atom is 0.224 e. The zero-order valence-electron chi connectivity index (χ0n) is 11.6. The molecule has 19 heavy (non-hydrogen) atoms. The maximum absolute atomic E-state index is 11.7. The van der Waals surface area contributed by atoms with Crippen molar-refractivity contribution in [2.45, 2.75) is 32.1 Å². The number of nitrogens with zero attached hydrogens (tertiary/aromatic N) is 1. The molecule has 104 valence electrons. The van der Waals surface area contributed by atoms with Gasteiger partial charge in [-0.2, -0.15) is 0 Å². The number of rotatable bonds is 7. The predicted octanol–water partition coefficient (Wildman–Crippen LogP) is 2.22. The van der Waals surface area contributed by atoms with Crippen LogP contribution in [0.15, 0.2) is 30.3 Å². The minimum absolute atomic E-state index is 0.132. The van der Waals surface area contributed by atoms with Crippen LogP contribution in [0.4, 0.5) is 0 Å². The van der Waals surface area contributed by atoms with Crippen LogP contribution in [0.3, 0.4) is 0 Å². The van der Waals surface area contributed by atoms with E-state index in [2.05, 4.69) is 10.2 Å². The van der Waals surface area contributed by atoms with Crippen LogP contribution in [0.25, 0.3) is 0 Å². The Kier molecular flexibility index (Phi) is 5.89. The van der Waals surface area contributed by atoms with Crippen molar-refractivity contribution in [2.75, 3.05) is 26.2 Å². The number of likely N-dealkylation sites (tertiary alicyclic amines) is 1. The molecule has 1 N–H and O–H groups in total. The Morgan fingerprint density at radius 3 is 2.58 bits per heavy atom. The summed E-state index contributed by atoms with van der Waals surface area (Å²) in [4.78, 5) is 14.2. The molecule has 0 saturated carbocycles. The van der Waals surface area contributed by atoms with Crippen LogP contribution in [0, 0.1) is 0 Å². The van der Waals surface area contributed by atoms with Gasteiger partial charge in [0.1, 0.15) is 0 Å². The summed E-state index contributed by atoms with van der Waals surface area (Å²) in [6, 6.07) is 9.90. The van der Waals surface area contributed by atoms with E-state index in [1.165, 1.54) is 38.9 Å². The summed E-state index contributed by atoms with van der Waals surface area (Å²) in [7, 11) is 0. The van der Waals surface area contributed by atoms with Crippen molar-refractivity contribution < 1.29 is 4.79 Å². The van der Waals surface area contributed by atoms with E-state index in [0.717, 1.165) is 18.5 Å². The molecule has 1 aromatic carbocycles. The second-order valence-corrected chi connectivity index (χ2v) is 5.27. The fraction of sp³-hybridized carbons (Fsp3) is 0.562. The van der Waals surface area contributed by atoms with Gasteiger partial charge >= 0.3 is 0 Å². The molecule has 3 heteroatoms. The highest BCUT2D eigenvalue weighted by Gasteiger charge is 2.10. The quantitative estimate of drug-likeness (QED) is 0.762. The van der Waals surface area contributed by atoms with Crippen molar-refractivity contribution in [3.8, 4) is 0 Å². The third-order valence-electron chi connectivity index (χ3n) is 3.63. The highest BCUT2D eigenvalue weighted by molar-refractivity contribution is 5.78. The fourth-order valence-corrected chi connectivity index (χ4v) is 2.54. The molecule has 0 atom stereocenters. The second kappa shape index (κ2) is 7.95. The number of carbonyl (C=O) groups is 1. The predicted molar refractivity (Wildman–Crippen MR) is 78.1 cm³/mol. The molecule has 0 unspecified atom stereocenters. The van der Waals surface area contributed by atoms with Gasteiger partial charge in [-0.1, -0.05) is 30.3 Å². The summed E-state index contributed by atoms with van der Waals surface area (Å²) in [6.45, 7) is 4.52. The molecule has 0 aromatic heterocycles. The van der Waals surface area contributed by atoms with Gasteiger partial charge in [-0.3, -0.25) is 4.79 Å². The number of unbranched alkanes of at least 4 members (excludes halogenated alkanes) is 1. The highest BCUT2D eigenvalue weighted by Crippen LogP contribution is 2.07. The van der Waals surface area contributed by atoms with Crippen molar-refractivity contribution in [1.82, 2.24) is 10.2 Å². The van der Waals surface area contributed by atoms with Crippen LogP contribution in [0.2, 0.25) is 0 Å². The molecule has 0 radical (unpaired) electrons. The van der Waals surface area contributed by atoms with Gasteiger partial charge < -0.3 is 10.2 Å². The number of hydrogen-bond donors (Lipinski definition) is 1. The van der Waals surface area contributed by atoms with Crippen molar-refractivity contribution >= 4 is 5.91 Å². The smallest absolute Gasteiger partial charge is 0.224 e. The molecule has 1 fully saturated rings. The van der Waals surface area contributed by atoms with Crippen molar-refractivity contribution in [3.05, 3.63) is 35.9 Å². The van der Waals surface area contributed by atoms with Gasteiger partial charge in [0, 0.05) is 6.54 Å². The van der Waals surface area contributed by atoms with Gasteiger partial charge in [0.2, 0.25) is 5.91 Å². The second-order valence-electron chi connectivity index (χ2n) is 5.27. The van der Waals surface area contributed by atoms with E-state index >= 15 is 0 Å². The molecule has 1 aliphatic rings. The van der Waals surface area contributed by atoms with E-state index in [1.54, 1.807) is 0 Å². The molecule has 1 saturated heterocycles. The first-order valence-corrected chi connectivity index (χ1v) is 7.37. The topological polar surface area (TPSA) is 32.3 Å². The van der Waals surface area contributed by atoms with Crippen LogP contribution in [0.1, 0.15) is 31.2 Å². The molecule has 0 spiro atoms. The zero-order valence-corrected chi connectivity index (χ0v) is 11.6. The monoisotopic (exact) mass is 260 g/mol. The lowest BCUT2D eigenvalue weighted by Crippen LogP contribution is -2.27. The van der Waals surface area contributed by atoms with Gasteiger partial charge in [0.15, 0.2) is 0 Å². The largest absolute Gasteiger partial charge is 0.356 e. The average Bonchev–Trinajstić information content (AvgIpc) is 2.92. The number of benzene rings is 1. The molecule has 0 bridgehead atoms. The Balaban J connectivity index is 1.51. The molecule has 0 aliphatic carbocycles. The molecule has 1 amide bonds. The van der Waals surface area contributed by atoms with Crippen LogP contribution >= 0.6 is 0 Å². The number of carbonyl (C=O) groups excluding carboxylic acids is 1. The average molecular weight is 260 g/mol. The van der Waals surface area contributed by atoms with Crippen LogP contribution in [-0.4, -0.2) is 37.0 Å². The molecular formula is C16H24N2O. The fourth-order valence-electron chi connectivity index (χ4n) is 2.54. The van der Waals surface area contributed by atoms with Crippen LogP contribution in [-0.2, 0) is 11.2 Å². The lowest BCUT2D eigenvalue weighted by Gasteiger charge is -2.14. The number of amides is 1. The Labute approximate surface area is 116 Å². The van der Waals surface area contributed by atoms with Gasteiger partial charge in [-0.15, -0.1) is 0 Å². The lowest BCUT2D eigenvalue weighted by atomic mass is 10.1. The van der Waals surface area contributed by atoms with E-state index in [1.807, 2.05) is 30.3 Å². The molecule has 3 nitrogen and oxygen atoms in total. The maximum atomic E-state index is 11.7. The van der Waals surface area contributed by atoms with Crippen molar-refractivity contribution in [1.29, 1.82) is 0 Å². The van der Waals surface area contributed by atoms with E-state index < -0.39 is 0 Å². The summed E-state index contributed by atoms with van der Waals surface area (Å²) in [5.74, 6) is 0.132. The Hall–Kier alpha value is -1.35. The van der Waals surface area contributed by atoms with Gasteiger partial charge in [0.05, 0.1) is 6.42 Å². The minimum Gasteiger partial charge on any atom is -0.356 e. The normalized spacial score (nSPS) is 15.6. The van der Waals surface area contributed by atoms with E-state index in [9.17, 15) is 4.79 Å². The highest BCUT2D eigenvalue weighted by atomic mass is 16.1. The van der Waals surface area contributed by atoms with E-state index in [0.29, 0.717) is 6.42 Å². The summed E-state index contributed by atoms with van der Waals surface area (Å²) in [6.07, 6.45) is 5.47. The minimum atomic E-state index is 0.132. The summed E-state index contributed by atoms with van der Waals surface area (Å²) < 4.78 is 0.